The Bertz CT molecular complexity index is 765. The number of hydrogen-bond acceptors (Lipinski definition) is 4. The lowest BCUT2D eigenvalue weighted by molar-refractivity contribution is -0.0500. The highest BCUT2D eigenvalue weighted by Crippen LogP contribution is 2.38. The predicted octanol–water partition coefficient (Wildman–Crippen LogP) is 3.96. The van der Waals surface area contributed by atoms with Gasteiger partial charge in [-0.25, -0.2) is 0 Å². The summed E-state index contributed by atoms with van der Waals surface area (Å²) < 4.78 is 63.7. The fraction of sp³-hybridized carbons (Fsp3) is 0.500. The van der Waals surface area contributed by atoms with E-state index in [2.05, 4.69) is 9.18 Å². The lowest BCUT2D eigenvalue weighted by Gasteiger charge is -2.28. The first kappa shape index (κ1) is 18.1. The lowest BCUT2D eigenvalue weighted by Crippen LogP contribution is -2.29. The maximum absolute atomic E-state index is 12.4. The minimum Gasteiger partial charge on any atom is -0.374 e. The third-order valence-corrected chi connectivity index (χ3v) is 4.67. The van der Waals surface area contributed by atoms with Gasteiger partial charge in [0.15, 0.2) is 5.75 Å². The largest absolute Gasteiger partial charge is 0.534 e. The van der Waals surface area contributed by atoms with Crippen LogP contribution in [0, 0.1) is 5.41 Å². The molecule has 1 heterocycles. The molecular formula is C14H15ClF3NO3S. The number of rotatable bonds is 2. The molecule has 0 saturated carbocycles. The second kappa shape index (κ2) is 5.66. The molecule has 0 bridgehead atoms. The van der Waals surface area contributed by atoms with Gasteiger partial charge in [-0.05, 0) is 24.1 Å². The molecule has 1 aliphatic heterocycles. The summed E-state index contributed by atoms with van der Waals surface area (Å²) >= 11 is 6.09. The molecule has 9 heteroatoms. The zero-order valence-corrected chi connectivity index (χ0v) is 14.2. The van der Waals surface area contributed by atoms with Crippen molar-refractivity contribution in [1.82, 2.24) is 0 Å². The fourth-order valence-electron chi connectivity index (χ4n) is 2.30. The summed E-state index contributed by atoms with van der Waals surface area (Å²) in [6.45, 7) is 6.28. The van der Waals surface area contributed by atoms with Crippen LogP contribution in [0.5, 0.6) is 5.75 Å². The Morgan fingerprint density at radius 2 is 1.83 bits per heavy atom. The molecule has 0 amide bonds. The predicted molar refractivity (Wildman–Crippen MR) is 81.6 cm³/mol. The van der Waals surface area contributed by atoms with Crippen LogP contribution < -0.4 is 4.18 Å². The summed E-state index contributed by atoms with van der Waals surface area (Å²) in [5, 5.41) is -0.132. The van der Waals surface area contributed by atoms with Crippen LogP contribution in [0.15, 0.2) is 17.1 Å². The van der Waals surface area contributed by atoms with Gasteiger partial charge in [0.2, 0.25) is 0 Å². The standard InChI is InChI=1S/C14H15ClF3NO3S/c1-13(2,3)12-9-4-5-10(11(15)8(9)6-7-19-12)22-23(20,21)14(16,17)18/h4-5H,6-7H2,1-3H3. The van der Waals surface area contributed by atoms with Gasteiger partial charge in [0.05, 0.1) is 5.02 Å². The maximum atomic E-state index is 12.4. The summed E-state index contributed by atoms with van der Waals surface area (Å²) in [4.78, 5) is 4.45. The SMILES string of the molecule is CC(C)(C)C1=NCCc2c1ccc(OS(=O)(=O)C(F)(F)F)c2Cl. The van der Waals surface area contributed by atoms with Gasteiger partial charge in [0, 0.05) is 23.2 Å². The molecule has 128 valence electrons. The van der Waals surface area contributed by atoms with Crippen molar-refractivity contribution >= 4 is 27.4 Å². The van der Waals surface area contributed by atoms with Crippen LogP contribution >= 0.6 is 11.6 Å². The van der Waals surface area contributed by atoms with Crippen molar-refractivity contribution in [2.45, 2.75) is 32.7 Å². The molecule has 0 N–H and O–H groups in total. The van der Waals surface area contributed by atoms with Gasteiger partial charge in [-0.2, -0.15) is 21.6 Å². The molecule has 0 radical (unpaired) electrons. The molecular weight excluding hydrogens is 355 g/mol. The number of fused-ring (bicyclic) bond motifs is 1. The van der Waals surface area contributed by atoms with Gasteiger partial charge in [0.25, 0.3) is 0 Å². The molecule has 1 aliphatic rings. The van der Waals surface area contributed by atoms with Crippen molar-refractivity contribution in [3.63, 3.8) is 0 Å². The minimum atomic E-state index is -5.76. The second-order valence-corrected chi connectivity index (χ2v) is 8.03. The van der Waals surface area contributed by atoms with Crippen molar-refractivity contribution in [3.8, 4) is 5.75 Å². The third kappa shape index (κ3) is 3.47. The van der Waals surface area contributed by atoms with Crippen LogP contribution in [0.25, 0.3) is 0 Å². The molecule has 0 unspecified atom stereocenters. The van der Waals surface area contributed by atoms with E-state index < -0.39 is 21.4 Å². The quantitative estimate of drug-likeness (QED) is 0.585. The van der Waals surface area contributed by atoms with Gasteiger partial charge in [0.1, 0.15) is 0 Å². The molecule has 4 nitrogen and oxygen atoms in total. The number of benzene rings is 1. The number of halogens is 4. The average Bonchev–Trinajstić information content (AvgIpc) is 2.39. The van der Waals surface area contributed by atoms with E-state index in [-0.39, 0.29) is 10.4 Å². The normalized spacial score (nSPS) is 15.9. The summed E-state index contributed by atoms with van der Waals surface area (Å²) in [7, 11) is -5.76. The molecule has 0 aromatic heterocycles. The van der Waals surface area contributed by atoms with Gasteiger partial charge in [-0.3, -0.25) is 4.99 Å². The van der Waals surface area contributed by atoms with Crippen molar-refractivity contribution in [2.24, 2.45) is 10.4 Å². The highest BCUT2D eigenvalue weighted by Gasteiger charge is 2.49. The van der Waals surface area contributed by atoms with Crippen LogP contribution in [0.2, 0.25) is 5.02 Å². The van der Waals surface area contributed by atoms with Crippen molar-refractivity contribution < 1.29 is 25.8 Å². The Hall–Kier alpha value is -1.28. The number of nitrogens with zero attached hydrogens (tertiary/aromatic N) is 1. The van der Waals surface area contributed by atoms with Crippen molar-refractivity contribution in [2.75, 3.05) is 6.54 Å². The summed E-state index contributed by atoms with van der Waals surface area (Å²) in [5.41, 5.74) is -3.78. The van der Waals surface area contributed by atoms with E-state index in [1.165, 1.54) is 6.07 Å². The first-order chi connectivity index (χ1) is 10.3. The smallest absolute Gasteiger partial charge is 0.374 e. The van der Waals surface area contributed by atoms with Gasteiger partial charge in [-0.15, -0.1) is 0 Å². The van der Waals surface area contributed by atoms with Gasteiger partial charge < -0.3 is 4.18 Å². The van der Waals surface area contributed by atoms with E-state index in [1.807, 2.05) is 20.8 Å². The van der Waals surface area contributed by atoms with E-state index in [1.54, 1.807) is 0 Å². The Morgan fingerprint density at radius 3 is 2.35 bits per heavy atom. The number of aliphatic imine (C=N–C) groups is 1. The van der Waals surface area contributed by atoms with E-state index in [4.69, 9.17) is 11.6 Å². The molecule has 0 fully saturated rings. The topological polar surface area (TPSA) is 55.7 Å². The molecule has 1 aromatic rings. The Balaban J connectivity index is 2.49. The molecule has 0 atom stereocenters. The van der Waals surface area contributed by atoms with Crippen molar-refractivity contribution in [3.05, 3.63) is 28.3 Å². The molecule has 23 heavy (non-hydrogen) atoms. The number of hydrogen-bond donors (Lipinski definition) is 0. The summed E-state index contributed by atoms with van der Waals surface area (Å²) in [5.74, 6) is -0.530. The minimum absolute atomic E-state index is 0.132. The number of alkyl halides is 3. The van der Waals surface area contributed by atoms with E-state index in [0.717, 1.165) is 11.8 Å². The molecule has 1 aromatic carbocycles. The zero-order chi connectivity index (χ0) is 17.6. The monoisotopic (exact) mass is 369 g/mol. The van der Waals surface area contributed by atoms with Crippen LogP contribution in [0.4, 0.5) is 13.2 Å². The molecule has 0 saturated heterocycles. The van der Waals surface area contributed by atoms with Gasteiger partial charge in [-0.1, -0.05) is 32.4 Å². The zero-order valence-electron chi connectivity index (χ0n) is 12.7. The van der Waals surface area contributed by atoms with Crippen LogP contribution in [0.1, 0.15) is 31.9 Å². The van der Waals surface area contributed by atoms with Crippen molar-refractivity contribution in [1.29, 1.82) is 0 Å². The van der Waals surface area contributed by atoms with Crippen LogP contribution in [0.3, 0.4) is 0 Å². The van der Waals surface area contributed by atoms with E-state index >= 15 is 0 Å². The fourth-order valence-corrected chi connectivity index (χ4v) is 3.12. The highest BCUT2D eigenvalue weighted by molar-refractivity contribution is 7.88. The Kier molecular flexibility index (Phi) is 4.45. The van der Waals surface area contributed by atoms with Crippen LogP contribution in [-0.4, -0.2) is 26.2 Å². The van der Waals surface area contributed by atoms with E-state index in [9.17, 15) is 21.6 Å². The Morgan fingerprint density at radius 1 is 1.22 bits per heavy atom. The summed E-state index contributed by atoms with van der Waals surface area (Å²) in [6.07, 6.45) is 0.400. The van der Waals surface area contributed by atoms with Crippen LogP contribution in [-0.2, 0) is 16.5 Å². The molecule has 0 aliphatic carbocycles. The average molecular weight is 370 g/mol. The third-order valence-electron chi connectivity index (χ3n) is 3.29. The summed E-state index contributed by atoms with van der Waals surface area (Å²) in [6, 6.07) is 2.61. The first-order valence-corrected chi connectivity index (χ1v) is 8.50. The highest BCUT2D eigenvalue weighted by atomic mass is 35.5. The molecule has 2 rings (SSSR count). The second-order valence-electron chi connectivity index (χ2n) is 6.12. The first-order valence-electron chi connectivity index (χ1n) is 6.72. The lowest BCUT2D eigenvalue weighted by atomic mass is 9.81. The molecule has 0 spiro atoms. The Labute approximate surface area is 137 Å². The van der Waals surface area contributed by atoms with Gasteiger partial charge >= 0.3 is 15.6 Å². The van der Waals surface area contributed by atoms with E-state index in [0.29, 0.717) is 24.1 Å². The maximum Gasteiger partial charge on any atom is 0.534 e.